The topological polar surface area (TPSA) is 62.5 Å². The number of guanidine groups is 1. The number of nitrogens with zero attached hydrogens (tertiary/aromatic N) is 3. The largest absolute Gasteiger partial charge is 0.469 e. The first-order valence-electron chi connectivity index (χ1n) is 10.7. The van der Waals surface area contributed by atoms with E-state index in [1.54, 1.807) is 6.26 Å². The summed E-state index contributed by atoms with van der Waals surface area (Å²) in [6, 6.07) is 3.94. The molecule has 2 aliphatic rings. The van der Waals surface area contributed by atoms with Gasteiger partial charge in [-0.3, -0.25) is 9.89 Å². The number of hydrogen-bond donors (Lipinski definition) is 1. The molecule has 0 aromatic carbocycles. The summed E-state index contributed by atoms with van der Waals surface area (Å²) in [7, 11) is 2.08. The highest BCUT2D eigenvalue weighted by molar-refractivity contribution is 5.79. The molecule has 7 nitrogen and oxygen atoms in total. The Morgan fingerprint density at radius 3 is 2.96 bits per heavy atom. The smallest absolute Gasteiger partial charge is 0.193 e. The lowest BCUT2D eigenvalue weighted by Crippen LogP contribution is -2.42. The van der Waals surface area contributed by atoms with Crippen LogP contribution in [-0.2, 0) is 15.9 Å². The third-order valence-corrected chi connectivity index (χ3v) is 5.22. The van der Waals surface area contributed by atoms with Gasteiger partial charge in [-0.1, -0.05) is 0 Å². The average Bonchev–Trinajstić information content (AvgIpc) is 3.40. The van der Waals surface area contributed by atoms with Gasteiger partial charge in [-0.15, -0.1) is 0 Å². The molecule has 7 heteroatoms. The van der Waals surface area contributed by atoms with E-state index < -0.39 is 0 Å². The summed E-state index contributed by atoms with van der Waals surface area (Å²) in [4.78, 5) is 9.47. The molecule has 1 aromatic heterocycles. The van der Waals surface area contributed by atoms with Crippen molar-refractivity contribution >= 4 is 5.96 Å². The zero-order valence-corrected chi connectivity index (χ0v) is 17.3. The maximum atomic E-state index is 5.79. The highest BCUT2D eigenvalue weighted by atomic mass is 16.5. The number of furan rings is 1. The first-order chi connectivity index (χ1) is 13.8. The molecule has 0 unspecified atom stereocenters. The van der Waals surface area contributed by atoms with Crippen LogP contribution in [0.4, 0.5) is 0 Å². The van der Waals surface area contributed by atoms with Crippen molar-refractivity contribution in [3.63, 3.8) is 0 Å². The molecule has 1 aliphatic carbocycles. The zero-order chi connectivity index (χ0) is 19.4. The van der Waals surface area contributed by atoms with Crippen molar-refractivity contribution in [3.8, 4) is 0 Å². The molecule has 0 bridgehead atoms. The van der Waals surface area contributed by atoms with Gasteiger partial charge in [0.15, 0.2) is 5.96 Å². The van der Waals surface area contributed by atoms with E-state index >= 15 is 0 Å². The third-order valence-electron chi connectivity index (χ3n) is 5.22. The van der Waals surface area contributed by atoms with Crippen LogP contribution in [0.2, 0.25) is 0 Å². The zero-order valence-electron chi connectivity index (χ0n) is 17.3. The van der Waals surface area contributed by atoms with E-state index in [4.69, 9.17) is 18.9 Å². The summed E-state index contributed by atoms with van der Waals surface area (Å²) in [6.45, 7) is 9.01. The lowest BCUT2D eigenvalue weighted by atomic mass is 10.3. The summed E-state index contributed by atoms with van der Waals surface area (Å²) in [5, 5.41) is 3.49. The normalized spacial score (nSPS) is 18.4. The maximum Gasteiger partial charge on any atom is 0.193 e. The van der Waals surface area contributed by atoms with E-state index in [1.807, 2.05) is 12.1 Å². The number of rotatable bonds is 12. The summed E-state index contributed by atoms with van der Waals surface area (Å²) >= 11 is 0. The Morgan fingerprint density at radius 1 is 1.36 bits per heavy atom. The monoisotopic (exact) mass is 392 g/mol. The molecule has 2 heterocycles. The second kappa shape index (κ2) is 12.1. The van der Waals surface area contributed by atoms with Crippen molar-refractivity contribution in [1.82, 2.24) is 15.1 Å². The summed E-state index contributed by atoms with van der Waals surface area (Å²) in [5.74, 6) is 2.75. The van der Waals surface area contributed by atoms with E-state index in [-0.39, 0.29) is 0 Å². The molecule has 0 amide bonds. The molecule has 1 saturated carbocycles. The standard InChI is InChI=1S/C21H36N4O3/c1-24(11-15-27-18-19-5-6-19)21(23-9-7-20-4-2-14-28-20)22-8-3-10-25-12-16-26-17-13-25/h2,4,14,19H,3,5-13,15-18H2,1H3,(H,22,23). The van der Waals surface area contributed by atoms with Gasteiger partial charge >= 0.3 is 0 Å². The molecule has 2 fully saturated rings. The third kappa shape index (κ3) is 8.20. The van der Waals surface area contributed by atoms with Gasteiger partial charge in [0.1, 0.15) is 5.76 Å². The Balaban J connectivity index is 1.39. The lowest BCUT2D eigenvalue weighted by Gasteiger charge is -2.26. The molecule has 3 rings (SSSR count). The van der Waals surface area contributed by atoms with Crippen molar-refractivity contribution < 1.29 is 13.9 Å². The van der Waals surface area contributed by atoms with Crippen LogP contribution in [0.3, 0.4) is 0 Å². The summed E-state index contributed by atoms with van der Waals surface area (Å²) in [5.41, 5.74) is 0. The van der Waals surface area contributed by atoms with Crippen LogP contribution < -0.4 is 5.32 Å². The van der Waals surface area contributed by atoms with Gasteiger partial charge < -0.3 is 24.1 Å². The molecule has 1 saturated heterocycles. The molecule has 1 aromatic rings. The Kier molecular flexibility index (Phi) is 9.13. The van der Waals surface area contributed by atoms with Crippen LogP contribution in [0.25, 0.3) is 0 Å². The maximum absolute atomic E-state index is 5.79. The van der Waals surface area contributed by atoms with E-state index in [9.17, 15) is 0 Å². The minimum Gasteiger partial charge on any atom is -0.469 e. The number of aliphatic imine (C=N–C) groups is 1. The van der Waals surface area contributed by atoms with Crippen molar-refractivity contribution in [2.75, 3.05) is 72.7 Å². The van der Waals surface area contributed by atoms with E-state index in [2.05, 4.69) is 22.2 Å². The highest BCUT2D eigenvalue weighted by Gasteiger charge is 2.21. The van der Waals surface area contributed by atoms with E-state index in [1.165, 1.54) is 12.8 Å². The van der Waals surface area contributed by atoms with Crippen molar-refractivity contribution in [2.45, 2.75) is 25.7 Å². The highest BCUT2D eigenvalue weighted by Crippen LogP contribution is 2.28. The van der Waals surface area contributed by atoms with Crippen molar-refractivity contribution in [3.05, 3.63) is 24.2 Å². The summed E-state index contributed by atoms with van der Waals surface area (Å²) < 4.78 is 16.6. The lowest BCUT2D eigenvalue weighted by molar-refractivity contribution is 0.0377. The van der Waals surface area contributed by atoms with Crippen LogP contribution in [-0.4, -0.2) is 88.5 Å². The van der Waals surface area contributed by atoms with Gasteiger partial charge in [0, 0.05) is 59.3 Å². The van der Waals surface area contributed by atoms with Gasteiger partial charge in [-0.2, -0.15) is 0 Å². The fourth-order valence-corrected chi connectivity index (χ4v) is 3.21. The minimum absolute atomic E-state index is 0.750. The predicted octanol–water partition coefficient (Wildman–Crippen LogP) is 1.85. The minimum atomic E-state index is 0.750. The Hall–Kier alpha value is -1.57. The molecule has 1 N–H and O–H groups in total. The van der Waals surface area contributed by atoms with Gasteiger partial charge in [0.25, 0.3) is 0 Å². The van der Waals surface area contributed by atoms with Crippen LogP contribution >= 0.6 is 0 Å². The van der Waals surface area contributed by atoms with Crippen LogP contribution in [0.5, 0.6) is 0 Å². The van der Waals surface area contributed by atoms with Gasteiger partial charge in [0.05, 0.1) is 26.1 Å². The van der Waals surface area contributed by atoms with E-state index in [0.717, 1.165) is 96.2 Å². The second-order valence-corrected chi connectivity index (χ2v) is 7.71. The first kappa shape index (κ1) is 21.1. The Labute approximate surface area is 169 Å². The van der Waals surface area contributed by atoms with Crippen LogP contribution in [0, 0.1) is 5.92 Å². The quantitative estimate of drug-likeness (QED) is 0.333. The Bertz CT molecular complexity index is 554. The number of likely N-dealkylation sites (N-methyl/N-ethyl adjacent to an activating group) is 1. The SMILES string of the molecule is CN(CCOCC1CC1)C(=NCCCN1CCOCC1)NCCc1ccco1. The molecular weight excluding hydrogens is 356 g/mol. The molecule has 0 atom stereocenters. The van der Waals surface area contributed by atoms with E-state index in [0.29, 0.717) is 0 Å². The van der Waals surface area contributed by atoms with Crippen LogP contribution in [0.15, 0.2) is 27.8 Å². The number of ether oxygens (including phenoxy) is 2. The molecule has 0 spiro atoms. The van der Waals surface area contributed by atoms with Crippen LogP contribution in [0.1, 0.15) is 25.0 Å². The van der Waals surface area contributed by atoms with Crippen molar-refractivity contribution in [2.24, 2.45) is 10.9 Å². The average molecular weight is 393 g/mol. The van der Waals surface area contributed by atoms with Gasteiger partial charge in [-0.25, -0.2) is 0 Å². The number of nitrogens with one attached hydrogen (secondary N) is 1. The molecule has 158 valence electrons. The van der Waals surface area contributed by atoms with Gasteiger partial charge in [0.2, 0.25) is 0 Å². The number of hydrogen-bond acceptors (Lipinski definition) is 5. The van der Waals surface area contributed by atoms with Gasteiger partial charge in [-0.05, 0) is 37.3 Å². The molecule has 28 heavy (non-hydrogen) atoms. The first-order valence-corrected chi connectivity index (χ1v) is 10.7. The Morgan fingerprint density at radius 2 is 2.21 bits per heavy atom. The van der Waals surface area contributed by atoms with Crippen molar-refractivity contribution in [1.29, 1.82) is 0 Å². The second-order valence-electron chi connectivity index (χ2n) is 7.71. The summed E-state index contributed by atoms with van der Waals surface area (Å²) in [6.07, 6.45) is 6.31. The fourth-order valence-electron chi connectivity index (χ4n) is 3.21. The molecule has 1 aliphatic heterocycles. The molecule has 0 radical (unpaired) electrons. The number of morpholine rings is 1. The molecular formula is C21H36N4O3. The fraction of sp³-hybridized carbons (Fsp3) is 0.762. The predicted molar refractivity (Wildman–Crippen MR) is 111 cm³/mol.